The maximum absolute atomic E-state index is 9.98. The number of aryl methyl sites for hydroxylation is 1. The van der Waals surface area contributed by atoms with Gasteiger partial charge in [0, 0.05) is 0 Å². The van der Waals surface area contributed by atoms with Gasteiger partial charge in [-0.2, -0.15) is 0 Å². The number of ketones is 1. The van der Waals surface area contributed by atoms with E-state index in [4.69, 9.17) is 0 Å². The highest BCUT2D eigenvalue weighted by Crippen LogP contribution is 1.92. The molecule has 0 saturated carbocycles. The van der Waals surface area contributed by atoms with Crippen LogP contribution < -0.4 is 5.32 Å². The minimum absolute atomic E-state index is 0.178. The first-order chi connectivity index (χ1) is 6.16. The second kappa shape index (κ2) is 7.50. The third kappa shape index (κ3) is 8.76. The minimum Gasteiger partial charge on any atom is -0.313 e. The van der Waals surface area contributed by atoms with Crippen molar-refractivity contribution < 1.29 is 4.79 Å². The number of nitrogens with one attached hydrogen (secondary N) is 1. The van der Waals surface area contributed by atoms with Crippen LogP contribution in [0, 0.1) is 6.92 Å². The van der Waals surface area contributed by atoms with Gasteiger partial charge < -0.3 is 5.32 Å². The third-order valence-corrected chi connectivity index (χ3v) is 1.37. The molecule has 0 aliphatic rings. The van der Waals surface area contributed by atoms with Crippen molar-refractivity contribution >= 4 is 5.78 Å². The summed E-state index contributed by atoms with van der Waals surface area (Å²) in [6, 6.07) is 10.3. The third-order valence-electron chi connectivity index (χ3n) is 1.37. The highest BCUT2D eigenvalue weighted by molar-refractivity contribution is 5.77. The fourth-order valence-corrected chi connectivity index (χ4v) is 0.783. The standard InChI is InChI=1S/C7H8.C4H9NO/c1-7-5-3-2-4-6-7;1-4(6)3-5-2/h2-6H,1H3;5H,3H2,1-2H3. The zero-order valence-electron chi connectivity index (χ0n) is 8.50. The Hall–Kier alpha value is -1.15. The highest BCUT2D eigenvalue weighted by Gasteiger charge is 1.82. The molecule has 13 heavy (non-hydrogen) atoms. The van der Waals surface area contributed by atoms with E-state index in [-0.39, 0.29) is 5.78 Å². The van der Waals surface area contributed by atoms with E-state index in [1.54, 1.807) is 14.0 Å². The van der Waals surface area contributed by atoms with Crippen LogP contribution in [0.2, 0.25) is 0 Å². The number of carbonyl (C=O) groups is 1. The lowest BCUT2D eigenvalue weighted by molar-refractivity contribution is -0.116. The summed E-state index contributed by atoms with van der Waals surface area (Å²) in [6.45, 7) is 4.12. The van der Waals surface area contributed by atoms with Gasteiger partial charge in [0.25, 0.3) is 0 Å². The number of carbonyl (C=O) groups excluding carboxylic acids is 1. The Labute approximate surface area is 80.0 Å². The molecule has 72 valence electrons. The van der Waals surface area contributed by atoms with E-state index in [0.29, 0.717) is 6.54 Å². The van der Waals surface area contributed by atoms with Gasteiger partial charge in [0.15, 0.2) is 0 Å². The number of hydrogen-bond acceptors (Lipinski definition) is 2. The summed E-state index contributed by atoms with van der Waals surface area (Å²) < 4.78 is 0. The average molecular weight is 179 g/mol. The molecule has 2 heteroatoms. The van der Waals surface area contributed by atoms with Crippen molar-refractivity contribution in [3.63, 3.8) is 0 Å². The Morgan fingerprint density at radius 3 is 2.00 bits per heavy atom. The zero-order chi connectivity index (χ0) is 10.1. The van der Waals surface area contributed by atoms with E-state index in [1.807, 2.05) is 18.2 Å². The first kappa shape index (κ1) is 11.8. The van der Waals surface area contributed by atoms with Gasteiger partial charge in [-0.3, -0.25) is 4.79 Å². The number of likely N-dealkylation sites (N-methyl/N-ethyl adjacent to an activating group) is 1. The molecule has 1 rings (SSSR count). The second-order valence-corrected chi connectivity index (χ2v) is 2.89. The van der Waals surface area contributed by atoms with Crippen LogP contribution in [-0.4, -0.2) is 19.4 Å². The van der Waals surface area contributed by atoms with Crippen molar-refractivity contribution in [1.29, 1.82) is 0 Å². The van der Waals surface area contributed by atoms with Crippen LogP contribution in [0.1, 0.15) is 12.5 Å². The fraction of sp³-hybridized carbons (Fsp3) is 0.364. The van der Waals surface area contributed by atoms with E-state index in [1.165, 1.54) is 5.56 Å². The molecule has 1 aromatic rings. The van der Waals surface area contributed by atoms with Crippen LogP contribution in [0.15, 0.2) is 30.3 Å². The number of Topliss-reactive ketones (excluding diaryl/α,β-unsaturated/α-hetero) is 1. The zero-order valence-corrected chi connectivity index (χ0v) is 8.50. The Kier molecular flexibility index (Phi) is 6.83. The van der Waals surface area contributed by atoms with Gasteiger partial charge in [-0.1, -0.05) is 35.9 Å². The maximum atomic E-state index is 9.98. The number of benzene rings is 1. The Morgan fingerprint density at radius 2 is 1.85 bits per heavy atom. The van der Waals surface area contributed by atoms with Crippen LogP contribution in [-0.2, 0) is 4.79 Å². The molecule has 0 aromatic heterocycles. The van der Waals surface area contributed by atoms with Crippen LogP contribution in [0.5, 0.6) is 0 Å². The summed E-state index contributed by atoms with van der Waals surface area (Å²) in [5.74, 6) is 0.178. The minimum atomic E-state index is 0.178. The van der Waals surface area contributed by atoms with Crippen LogP contribution in [0.25, 0.3) is 0 Å². The highest BCUT2D eigenvalue weighted by atomic mass is 16.1. The van der Waals surface area contributed by atoms with E-state index >= 15 is 0 Å². The average Bonchev–Trinajstić information content (AvgIpc) is 2.06. The van der Waals surface area contributed by atoms with Gasteiger partial charge in [0.1, 0.15) is 5.78 Å². The molecule has 0 unspecified atom stereocenters. The Balaban J connectivity index is 0.000000226. The Bertz CT molecular complexity index is 231. The molecule has 0 amide bonds. The molecule has 0 radical (unpaired) electrons. The normalized spacial score (nSPS) is 8.54. The van der Waals surface area contributed by atoms with E-state index in [9.17, 15) is 4.79 Å². The number of hydrogen-bond donors (Lipinski definition) is 1. The lowest BCUT2D eigenvalue weighted by Gasteiger charge is -1.85. The largest absolute Gasteiger partial charge is 0.313 e. The van der Waals surface area contributed by atoms with Crippen molar-refractivity contribution in [2.45, 2.75) is 13.8 Å². The quantitative estimate of drug-likeness (QED) is 0.750. The summed E-state index contributed by atoms with van der Waals surface area (Å²) in [5.41, 5.74) is 1.32. The summed E-state index contributed by atoms with van der Waals surface area (Å²) in [7, 11) is 1.75. The molecule has 0 atom stereocenters. The van der Waals surface area contributed by atoms with Crippen LogP contribution in [0.3, 0.4) is 0 Å². The van der Waals surface area contributed by atoms with Crippen molar-refractivity contribution in [3.05, 3.63) is 35.9 Å². The molecule has 1 N–H and O–H groups in total. The van der Waals surface area contributed by atoms with E-state index in [2.05, 4.69) is 24.4 Å². The molecule has 0 aliphatic heterocycles. The molecular formula is C11H17NO. The summed E-state index contributed by atoms with van der Waals surface area (Å²) >= 11 is 0. The van der Waals surface area contributed by atoms with Gasteiger partial charge >= 0.3 is 0 Å². The lowest BCUT2D eigenvalue weighted by Crippen LogP contribution is -2.14. The van der Waals surface area contributed by atoms with Gasteiger partial charge in [-0.25, -0.2) is 0 Å². The molecule has 2 nitrogen and oxygen atoms in total. The summed E-state index contributed by atoms with van der Waals surface area (Å²) in [4.78, 5) is 9.98. The van der Waals surface area contributed by atoms with Crippen molar-refractivity contribution in [1.82, 2.24) is 5.32 Å². The second-order valence-electron chi connectivity index (χ2n) is 2.89. The molecule has 0 bridgehead atoms. The van der Waals surface area contributed by atoms with Crippen molar-refractivity contribution in [2.24, 2.45) is 0 Å². The monoisotopic (exact) mass is 179 g/mol. The van der Waals surface area contributed by atoms with Crippen LogP contribution in [0.4, 0.5) is 0 Å². The molecule has 0 spiro atoms. The predicted molar refractivity (Wildman–Crippen MR) is 55.8 cm³/mol. The molecule has 0 heterocycles. The van der Waals surface area contributed by atoms with Crippen molar-refractivity contribution in [3.8, 4) is 0 Å². The topological polar surface area (TPSA) is 29.1 Å². The number of rotatable bonds is 2. The summed E-state index contributed by atoms with van der Waals surface area (Å²) in [5, 5.41) is 2.72. The van der Waals surface area contributed by atoms with Gasteiger partial charge in [-0.05, 0) is 20.9 Å². The molecular weight excluding hydrogens is 162 g/mol. The van der Waals surface area contributed by atoms with Crippen molar-refractivity contribution in [2.75, 3.05) is 13.6 Å². The van der Waals surface area contributed by atoms with E-state index in [0.717, 1.165) is 0 Å². The maximum Gasteiger partial charge on any atom is 0.143 e. The Morgan fingerprint density at radius 1 is 1.31 bits per heavy atom. The SMILES string of the molecule is CNCC(C)=O.Cc1ccccc1. The lowest BCUT2D eigenvalue weighted by atomic mass is 10.2. The van der Waals surface area contributed by atoms with E-state index < -0.39 is 0 Å². The molecule has 0 fully saturated rings. The van der Waals surface area contributed by atoms with Crippen LogP contribution >= 0.6 is 0 Å². The summed E-state index contributed by atoms with van der Waals surface area (Å²) in [6.07, 6.45) is 0. The predicted octanol–water partition coefficient (Wildman–Crippen LogP) is 1.79. The first-order valence-corrected chi connectivity index (χ1v) is 4.32. The molecule has 0 aliphatic carbocycles. The molecule has 0 saturated heterocycles. The molecule has 1 aromatic carbocycles. The van der Waals surface area contributed by atoms with Gasteiger partial charge in [0.05, 0.1) is 6.54 Å². The smallest absolute Gasteiger partial charge is 0.143 e. The fourth-order valence-electron chi connectivity index (χ4n) is 0.783. The first-order valence-electron chi connectivity index (χ1n) is 4.32. The van der Waals surface area contributed by atoms with Gasteiger partial charge in [0.2, 0.25) is 0 Å². The van der Waals surface area contributed by atoms with Gasteiger partial charge in [-0.15, -0.1) is 0 Å².